The van der Waals surface area contributed by atoms with Crippen LogP contribution < -0.4 is 39.0 Å². The van der Waals surface area contributed by atoms with Crippen LogP contribution in [0.4, 0.5) is 9.59 Å². The van der Waals surface area contributed by atoms with E-state index in [1.54, 1.807) is 65.8 Å². The Hall–Kier alpha value is -4.89. The van der Waals surface area contributed by atoms with Crippen LogP contribution in [0.1, 0.15) is 77.3 Å². The molecule has 0 aromatic heterocycles. The van der Waals surface area contributed by atoms with Gasteiger partial charge in [-0.1, -0.05) is 84.9 Å². The summed E-state index contributed by atoms with van der Waals surface area (Å²) >= 11 is 0. The summed E-state index contributed by atoms with van der Waals surface area (Å²) in [7, 11) is 1.27. The molecule has 0 fully saturated rings. The second-order valence-corrected chi connectivity index (χ2v) is 13.7. The number of ether oxygens (including phenoxy) is 5. The molecule has 0 aliphatic heterocycles. The zero-order valence-electron chi connectivity index (χ0n) is 33.5. The van der Waals surface area contributed by atoms with Gasteiger partial charge in [0, 0.05) is 8.41 Å². The number of methoxy groups -OCH3 is 1. The third-order valence-corrected chi connectivity index (χ3v) is 6.96. The number of benzene rings is 4. The molecule has 0 saturated carbocycles. The Balaban J connectivity index is 0.00000101. The van der Waals surface area contributed by atoms with Gasteiger partial charge in [0.25, 0.3) is 0 Å². The molecular weight excluding hydrogens is 682 g/mol. The van der Waals surface area contributed by atoms with E-state index in [1.807, 2.05) is 84.9 Å². The molecular formula is C41H51BLiN2O9. The van der Waals surface area contributed by atoms with Gasteiger partial charge in [-0.2, -0.15) is 0 Å². The number of hydrogen-bond donors (Lipinski definition) is 3. The third kappa shape index (κ3) is 17.8. The fourth-order valence-electron chi connectivity index (χ4n) is 4.54. The predicted octanol–water partition coefficient (Wildman–Crippen LogP) is 4.56. The summed E-state index contributed by atoms with van der Waals surface area (Å²) < 4.78 is 26.7. The Kier molecular flexibility index (Phi) is 20.1. The van der Waals surface area contributed by atoms with E-state index in [1.165, 1.54) is 7.11 Å². The Morgan fingerprint density at radius 2 is 1.02 bits per heavy atom. The average molecular weight is 734 g/mol. The number of esters is 1. The molecule has 4 rings (SSSR count). The van der Waals surface area contributed by atoms with Crippen LogP contribution in [-0.4, -0.2) is 56.6 Å². The largest absolute Gasteiger partial charge is 1.00 e. The predicted molar refractivity (Wildman–Crippen MR) is 205 cm³/mol. The number of hydrogen-bond acceptors (Lipinski definition) is 9. The van der Waals surface area contributed by atoms with E-state index >= 15 is 0 Å². The van der Waals surface area contributed by atoms with Crippen LogP contribution in [0.5, 0.6) is 11.5 Å². The van der Waals surface area contributed by atoms with Gasteiger partial charge in [-0.3, -0.25) is 0 Å². The van der Waals surface area contributed by atoms with Crippen molar-refractivity contribution < 1.29 is 63.5 Å². The number of rotatable bonds is 12. The molecule has 4 aromatic carbocycles. The smallest absolute Gasteiger partial charge is 1.00 e. The molecule has 2 amide bonds. The van der Waals surface area contributed by atoms with Crippen LogP contribution in [0.15, 0.2) is 109 Å². The van der Waals surface area contributed by atoms with E-state index < -0.39 is 41.4 Å². The summed E-state index contributed by atoms with van der Waals surface area (Å²) in [5, 5.41) is 14.8. The molecule has 0 saturated heterocycles. The van der Waals surface area contributed by atoms with Crippen LogP contribution in [0, 0.1) is 0 Å². The molecule has 54 heavy (non-hydrogen) atoms. The Labute approximate surface area is 334 Å². The molecule has 13 heteroatoms. The van der Waals surface area contributed by atoms with Crippen molar-refractivity contribution in [2.24, 2.45) is 0 Å². The van der Waals surface area contributed by atoms with E-state index in [0.29, 0.717) is 24.5 Å². The number of alkyl carbamates (subject to hydrolysis) is 2. The molecule has 283 valence electrons. The van der Waals surface area contributed by atoms with Gasteiger partial charge in [-0.25, -0.2) is 14.4 Å². The molecule has 0 bridgehead atoms. The normalized spacial score (nSPS) is 11.7. The van der Waals surface area contributed by atoms with Gasteiger partial charge in [0.05, 0.1) is 19.8 Å². The number of nitrogens with one attached hydrogen (secondary N) is 2. The van der Waals surface area contributed by atoms with Crippen LogP contribution in [0.2, 0.25) is 0 Å². The van der Waals surface area contributed by atoms with Crippen molar-refractivity contribution in [1.82, 2.24) is 10.6 Å². The summed E-state index contributed by atoms with van der Waals surface area (Å²) in [6.07, 6.45) is -1.25. The molecule has 0 aliphatic rings. The van der Waals surface area contributed by atoms with E-state index in [2.05, 4.69) is 10.6 Å². The molecule has 3 radical (unpaired) electrons. The van der Waals surface area contributed by atoms with E-state index in [0.717, 1.165) is 22.4 Å². The number of carbonyl (C=O) groups excluding carboxylic acids is 3. The zero-order chi connectivity index (χ0) is 38.1. The van der Waals surface area contributed by atoms with Gasteiger partial charge in [-0.15, -0.1) is 0 Å². The SMILES string of the molecule is CC(C)(C)OC(=O)N[C@@H](CO)c1ccc(OCc2ccccc2)cc1.COC(=O)[C@H](NC(=O)OC(C)(C)C)c1ccc(OCc2ccccc2)cc1.[B].[H-].[Li+]. The summed E-state index contributed by atoms with van der Waals surface area (Å²) in [6.45, 7) is 11.3. The number of amides is 2. The van der Waals surface area contributed by atoms with Gasteiger partial charge < -0.3 is 40.9 Å². The maximum atomic E-state index is 12.1. The summed E-state index contributed by atoms with van der Waals surface area (Å²) in [6, 6.07) is 32.4. The van der Waals surface area contributed by atoms with Crippen molar-refractivity contribution in [3.63, 3.8) is 0 Å². The molecule has 4 aromatic rings. The maximum Gasteiger partial charge on any atom is 1.00 e. The minimum atomic E-state index is -0.965. The summed E-state index contributed by atoms with van der Waals surface area (Å²) in [5.74, 6) is 0.795. The maximum absolute atomic E-state index is 12.1. The quantitative estimate of drug-likeness (QED) is 0.109. The molecule has 0 spiro atoms. The Bertz CT molecular complexity index is 1690. The van der Waals surface area contributed by atoms with Crippen molar-refractivity contribution >= 4 is 26.6 Å². The van der Waals surface area contributed by atoms with Crippen LogP contribution in [-0.2, 0) is 32.2 Å². The van der Waals surface area contributed by atoms with Crippen LogP contribution in [0.25, 0.3) is 0 Å². The van der Waals surface area contributed by atoms with Gasteiger partial charge in [0.2, 0.25) is 0 Å². The molecule has 11 nitrogen and oxygen atoms in total. The number of aliphatic hydroxyl groups excluding tert-OH is 1. The van der Waals surface area contributed by atoms with Crippen molar-refractivity contribution in [2.45, 2.75) is 78.0 Å². The minimum Gasteiger partial charge on any atom is -1.00 e. The van der Waals surface area contributed by atoms with Crippen molar-refractivity contribution in [3.05, 3.63) is 131 Å². The average Bonchev–Trinajstić information content (AvgIpc) is 3.11. The topological polar surface area (TPSA) is 142 Å². The molecule has 3 N–H and O–H groups in total. The van der Waals surface area contributed by atoms with Gasteiger partial charge in [0.15, 0.2) is 6.04 Å². The van der Waals surface area contributed by atoms with Crippen LogP contribution >= 0.6 is 0 Å². The zero-order valence-corrected chi connectivity index (χ0v) is 32.5. The van der Waals surface area contributed by atoms with E-state index in [-0.39, 0.29) is 35.3 Å². The molecule has 2 atom stereocenters. The van der Waals surface area contributed by atoms with E-state index in [9.17, 15) is 19.5 Å². The fourth-order valence-corrected chi connectivity index (χ4v) is 4.54. The Morgan fingerprint density at radius 3 is 1.39 bits per heavy atom. The summed E-state index contributed by atoms with van der Waals surface area (Å²) in [5.41, 5.74) is 2.24. The van der Waals surface area contributed by atoms with Crippen molar-refractivity contribution in [2.75, 3.05) is 13.7 Å². The van der Waals surface area contributed by atoms with E-state index in [4.69, 9.17) is 23.7 Å². The minimum absolute atomic E-state index is 0. The first-order chi connectivity index (χ1) is 24.7. The first-order valence-corrected chi connectivity index (χ1v) is 16.9. The third-order valence-electron chi connectivity index (χ3n) is 6.96. The van der Waals surface area contributed by atoms with Crippen molar-refractivity contribution in [1.29, 1.82) is 0 Å². The molecule has 0 heterocycles. The van der Waals surface area contributed by atoms with Gasteiger partial charge in [-0.05, 0) is 88.1 Å². The van der Waals surface area contributed by atoms with Gasteiger partial charge in [0.1, 0.15) is 35.9 Å². The van der Waals surface area contributed by atoms with Crippen LogP contribution in [0.3, 0.4) is 0 Å². The fraction of sp³-hybridized carbons (Fsp3) is 0.341. The first-order valence-electron chi connectivity index (χ1n) is 16.9. The summed E-state index contributed by atoms with van der Waals surface area (Å²) in [4.78, 5) is 36.0. The molecule has 0 unspecified atom stereocenters. The van der Waals surface area contributed by atoms with Gasteiger partial charge >= 0.3 is 37.0 Å². The van der Waals surface area contributed by atoms with Crippen molar-refractivity contribution in [3.8, 4) is 11.5 Å². The first kappa shape index (κ1) is 47.1. The molecule has 0 aliphatic carbocycles. The second kappa shape index (κ2) is 23.0. The standard InChI is InChI=1S/C21H25NO5.C20H25NO4.B.Li.H/c1-21(2,3)27-20(24)22-18(19(23)25-4)16-10-12-17(13-11-16)26-14-15-8-6-5-7-9-15;1-20(2,3)25-19(23)21-18(13-22)16-9-11-17(12-10-16)24-14-15-7-5-4-6-8-15;;;/h5-13,18H,14H2,1-4H3,(H,22,24);4-12,18,22H,13-14H2,1-3H3,(H,21,23);;;/q;;;+1;-1/t2*18-;;;/m10.../s1. The monoisotopic (exact) mass is 733 g/mol. The number of aliphatic hydroxyl groups is 1. The Morgan fingerprint density at radius 1 is 0.630 bits per heavy atom. The second-order valence-electron chi connectivity index (χ2n) is 13.7. The number of carbonyl (C=O) groups is 3.